The van der Waals surface area contributed by atoms with Crippen molar-refractivity contribution in [1.82, 2.24) is 14.5 Å². The lowest BCUT2D eigenvalue weighted by Gasteiger charge is -2.42. The third-order valence-corrected chi connectivity index (χ3v) is 9.51. The minimum absolute atomic E-state index is 0.0417. The van der Waals surface area contributed by atoms with E-state index in [1.54, 1.807) is 31.2 Å². The quantitative estimate of drug-likeness (QED) is 0.561. The molecule has 180 valence electrons. The van der Waals surface area contributed by atoms with E-state index in [0.29, 0.717) is 10.4 Å². The molecule has 2 atom stereocenters. The van der Waals surface area contributed by atoms with Crippen LogP contribution in [-0.4, -0.2) is 82.4 Å². The molecule has 0 aliphatic carbocycles. The lowest BCUT2D eigenvalue weighted by atomic mass is 10.1. The molecule has 12 heteroatoms. The summed E-state index contributed by atoms with van der Waals surface area (Å²) < 4.78 is 47.8. The first kappa shape index (κ1) is 24.2. The van der Waals surface area contributed by atoms with E-state index in [-0.39, 0.29) is 48.4 Å². The summed E-state index contributed by atoms with van der Waals surface area (Å²) in [5.74, 6) is -0.484. The highest BCUT2D eigenvalue weighted by Gasteiger charge is 2.40. The highest BCUT2D eigenvalue weighted by Crippen LogP contribution is 2.40. The molecule has 2 amide bonds. The number of hydrogen-bond acceptors (Lipinski definition) is 6. The number of carbonyl (C=O) groups excluding carboxylic acids is 2. The molecule has 2 heterocycles. The number of sulfonamides is 1. The Balaban J connectivity index is 1.43. The SMILES string of the molecule is C[C@@H](C(=O)N1CCS(O)(O)CC1)N1CCC(NS(=O)(=O)c2ccc3cc(Cl)ccc3c2)C1=O. The molecule has 4 rings (SSSR count). The number of rotatable bonds is 5. The van der Waals surface area contributed by atoms with Gasteiger partial charge in [0.2, 0.25) is 21.8 Å². The van der Waals surface area contributed by atoms with Gasteiger partial charge < -0.3 is 9.80 Å². The van der Waals surface area contributed by atoms with Crippen LogP contribution in [0.5, 0.6) is 0 Å². The van der Waals surface area contributed by atoms with E-state index in [1.807, 2.05) is 0 Å². The zero-order valence-corrected chi connectivity index (χ0v) is 20.4. The van der Waals surface area contributed by atoms with Crippen molar-refractivity contribution in [2.45, 2.75) is 30.3 Å². The summed E-state index contributed by atoms with van der Waals surface area (Å²) in [5, 5.41) is 2.06. The average Bonchev–Trinajstić information content (AvgIpc) is 3.11. The smallest absolute Gasteiger partial charge is 0.245 e. The molecule has 2 aliphatic heterocycles. The summed E-state index contributed by atoms with van der Waals surface area (Å²) >= 11 is 5.98. The Labute approximate surface area is 199 Å². The van der Waals surface area contributed by atoms with Gasteiger partial charge in [-0.3, -0.25) is 18.7 Å². The van der Waals surface area contributed by atoms with E-state index in [1.165, 1.54) is 21.9 Å². The van der Waals surface area contributed by atoms with Crippen molar-refractivity contribution in [2.24, 2.45) is 0 Å². The van der Waals surface area contributed by atoms with Crippen LogP contribution in [0.1, 0.15) is 13.3 Å². The molecule has 2 aliphatic rings. The number of nitrogens with one attached hydrogen (secondary N) is 1. The van der Waals surface area contributed by atoms with Crippen molar-refractivity contribution >= 4 is 54.8 Å². The largest absolute Gasteiger partial charge is 0.338 e. The van der Waals surface area contributed by atoms with Crippen molar-refractivity contribution in [3.05, 3.63) is 41.4 Å². The van der Waals surface area contributed by atoms with Gasteiger partial charge >= 0.3 is 0 Å². The number of nitrogens with zero attached hydrogens (tertiary/aromatic N) is 2. The van der Waals surface area contributed by atoms with E-state index < -0.39 is 38.6 Å². The van der Waals surface area contributed by atoms with Gasteiger partial charge in [0, 0.05) is 24.7 Å². The molecule has 3 N–H and O–H groups in total. The van der Waals surface area contributed by atoms with Gasteiger partial charge in [-0.2, -0.15) is 15.3 Å². The van der Waals surface area contributed by atoms with E-state index >= 15 is 0 Å². The van der Waals surface area contributed by atoms with Gasteiger partial charge in [0.25, 0.3) is 0 Å². The van der Waals surface area contributed by atoms with Crippen LogP contribution in [0, 0.1) is 0 Å². The summed E-state index contributed by atoms with van der Waals surface area (Å²) in [7, 11) is -6.59. The Bertz CT molecular complexity index is 1200. The molecule has 2 aromatic carbocycles. The monoisotopic (exact) mass is 515 g/mol. The highest BCUT2D eigenvalue weighted by atomic mass is 35.5. The van der Waals surface area contributed by atoms with Crippen molar-refractivity contribution in [3.8, 4) is 0 Å². The van der Waals surface area contributed by atoms with Gasteiger partial charge in [0.15, 0.2) is 0 Å². The van der Waals surface area contributed by atoms with Gasteiger partial charge in [-0.1, -0.05) is 23.7 Å². The standard InChI is InChI=1S/C21H26ClN3O6S2/c1-14(20(26)24-8-10-32(28,29)11-9-24)25-7-6-19(21(25)27)23-33(30,31)18-5-3-15-12-17(22)4-2-16(15)13-18/h2-5,12-14,19,23,28-29H,6-11H2,1H3/t14-,19?/m0/s1. The van der Waals surface area contributed by atoms with Crippen molar-refractivity contribution in [2.75, 3.05) is 31.1 Å². The fourth-order valence-electron chi connectivity index (χ4n) is 4.16. The lowest BCUT2D eigenvalue weighted by Crippen LogP contribution is -2.52. The third-order valence-electron chi connectivity index (χ3n) is 6.13. The van der Waals surface area contributed by atoms with Gasteiger partial charge in [0.05, 0.1) is 16.4 Å². The fourth-order valence-corrected chi connectivity index (χ4v) is 6.83. The molecule has 0 radical (unpaired) electrons. The Morgan fingerprint density at radius 1 is 1.12 bits per heavy atom. The second-order valence-electron chi connectivity index (χ2n) is 8.36. The number of carbonyl (C=O) groups is 2. The number of halogens is 1. The maximum absolute atomic E-state index is 12.9. The molecule has 2 fully saturated rings. The highest BCUT2D eigenvalue weighted by molar-refractivity contribution is 8.24. The molecule has 2 saturated heterocycles. The summed E-state index contributed by atoms with van der Waals surface area (Å²) in [6.07, 6.45) is 0.249. The molecule has 0 aromatic heterocycles. The van der Waals surface area contributed by atoms with E-state index in [0.717, 1.165) is 5.39 Å². The number of amides is 2. The molecule has 1 unspecified atom stereocenters. The first-order chi connectivity index (χ1) is 15.5. The first-order valence-electron chi connectivity index (χ1n) is 10.5. The van der Waals surface area contributed by atoms with Gasteiger partial charge in [-0.15, -0.1) is 0 Å². The summed E-state index contributed by atoms with van der Waals surface area (Å²) in [6.45, 7) is 2.30. The molecule has 2 aromatic rings. The average molecular weight is 516 g/mol. The van der Waals surface area contributed by atoms with Crippen LogP contribution in [0.4, 0.5) is 0 Å². The Kier molecular flexibility index (Phi) is 6.64. The second kappa shape index (κ2) is 9.05. The van der Waals surface area contributed by atoms with Crippen molar-refractivity contribution in [3.63, 3.8) is 0 Å². The Morgan fingerprint density at radius 2 is 1.76 bits per heavy atom. The van der Waals surface area contributed by atoms with Crippen LogP contribution in [0.2, 0.25) is 5.02 Å². The summed E-state index contributed by atoms with van der Waals surface area (Å²) in [4.78, 5) is 28.7. The van der Waals surface area contributed by atoms with E-state index in [4.69, 9.17) is 11.6 Å². The molecule has 9 nitrogen and oxygen atoms in total. The molecule has 0 bridgehead atoms. The Hall–Kier alpha value is -1.89. The number of fused-ring (bicyclic) bond motifs is 1. The van der Waals surface area contributed by atoms with Crippen LogP contribution in [0.25, 0.3) is 10.8 Å². The summed E-state index contributed by atoms with van der Waals surface area (Å²) in [5.41, 5.74) is 0. The van der Waals surface area contributed by atoms with Crippen molar-refractivity contribution in [1.29, 1.82) is 0 Å². The molecule has 0 saturated carbocycles. The fraction of sp³-hybridized carbons (Fsp3) is 0.429. The normalized spacial score (nSPS) is 23.0. The van der Waals surface area contributed by atoms with Crippen LogP contribution in [0.15, 0.2) is 41.3 Å². The van der Waals surface area contributed by atoms with Crippen LogP contribution in [-0.2, 0) is 19.6 Å². The maximum atomic E-state index is 12.9. The number of benzene rings is 2. The molecular formula is C21H26ClN3O6S2. The van der Waals surface area contributed by atoms with Crippen molar-refractivity contribution < 1.29 is 27.1 Å². The van der Waals surface area contributed by atoms with E-state index in [9.17, 15) is 27.1 Å². The van der Waals surface area contributed by atoms with Crippen LogP contribution < -0.4 is 4.72 Å². The molecular weight excluding hydrogens is 490 g/mol. The lowest BCUT2D eigenvalue weighted by molar-refractivity contribution is -0.143. The summed E-state index contributed by atoms with van der Waals surface area (Å²) in [6, 6.07) is 8.07. The predicted octanol–water partition coefficient (Wildman–Crippen LogP) is 2.35. The second-order valence-corrected chi connectivity index (χ2v) is 12.9. The minimum Gasteiger partial charge on any atom is -0.338 e. The minimum atomic E-state index is -3.96. The van der Waals surface area contributed by atoms with Crippen LogP contribution in [0.3, 0.4) is 0 Å². The predicted molar refractivity (Wildman–Crippen MR) is 128 cm³/mol. The topological polar surface area (TPSA) is 127 Å². The molecule has 33 heavy (non-hydrogen) atoms. The van der Waals surface area contributed by atoms with Gasteiger partial charge in [-0.05, 0) is 48.4 Å². The zero-order valence-electron chi connectivity index (χ0n) is 18.0. The molecule has 0 spiro atoms. The van der Waals surface area contributed by atoms with Gasteiger partial charge in [0.1, 0.15) is 12.1 Å². The zero-order chi connectivity index (χ0) is 24.0. The third kappa shape index (κ3) is 5.13. The maximum Gasteiger partial charge on any atom is 0.245 e. The van der Waals surface area contributed by atoms with Gasteiger partial charge in [-0.25, -0.2) is 8.42 Å². The number of hydrogen-bond donors (Lipinski definition) is 3. The first-order valence-corrected chi connectivity index (χ1v) is 14.3. The Morgan fingerprint density at radius 3 is 2.45 bits per heavy atom. The number of likely N-dealkylation sites (tertiary alicyclic amines) is 1. The van der Waals surface area contributed by atoms with E-state index in [2.05, 4.69) is 4.72 Å². The van der Waals surface area contributed by atoms with Crippen LogP contribution >= 0.6 is 22.2 Å².